The Morgan fingerprint density at radius 2 is 1.93 bits per heavy atom. The number of carbonyl (C=O) groups is 1. The lowest BCUT2D eigenvalue weighted by atomic mass is 10.2. The molecule has 0 aliphatic rings. The molecule has 2 aromatic rings. The van der Waals surface area contributed by atoms with Crippen molar-refractivity contribution in [2.24, 2.45) is 0 Å². The average Bonchev–Trinajstić information content (AvgIpc) is 2.61. The first kappa shape index (κ1) is 21.6. The predicted molar refractivity (Wildman–Crippen MR) is 109 cm³/mol. The van der Waals surface area contributed by atoms with E-state index >= 15 is 0 Å². The maximum absolute atomic E-state index is 12.2. The molecule has 0 heterocycles. The third-order valence-electron chi connectivity index (χ3n) is 4.01. The molecule has 1 amide bonds. The van der Waals surface area contributed by atoms with Crippen LogP contribution in [0, 0.1) is 17.0 Å². The van der Waals surface area contributed by atoms with Gasteiger partial charge < -0.3 is 5.32 Å². The van der Waals surface area contributed by atoms with Crippen molar-refractivity contribution in [1.29, 1.82) is 0 Å². The number of benzene rings is 2. The molecular weight excluding hydrogens is 406 g/mol. The van der Waals surface area contributed by atoms with E-state index in [2.05, 4.69) is 5.32 Å². The third-order valence-corrected chi connectivity index (χ3v) is 5.60. The molecule has 2 aromatic carbocycles. The minimum atomic E-state index is -3.56. The Kier molecular flexibility index (Phi) is 6.98. The Morgan fingerprint density at radius 3 is 2.57 bits per heavy atom. The summed E-state index contributed by atoms with van der Waals surface area (Å²) in [6.07, 6.45) is 1.41. The molecule has 0 radical (unpaired) electrons. The third kappa shape index (κ3) is 5.67. The lowest BCUT2D eigenvalue weighted by Gasteiger charge is -2.24. The van der Waals surface area contributed by atoms with E-state index in [4.69, 9.17) is 11.6 Å². The normalized spacial score (nSPS) is 11.1. The van der Waals surface area contributed by atoms with Gasteiger partial charge in [-0.15, -0.1) is 0 Å². The Morgan fingerprint density at radius 1 is 1.25 bits per heavy atom. The zero-order chi connectivity index (χ0) is 20.9. The Hall–Kier alpha value is -2.65. The van der Waals surface area contributed by atoms with Crippen LogP contribution in [0.4, 0.5) is 17.1 Å². The summed E-state index contributed by atoms with van der Waals surface area (Å²) in [7, 11) is -3.56. The van der Waals surface area contributed by atoms with Gasteiger partial charge in [-0.05, 0) is 37.1 Å². The molecule has 0 aliphatic heterocycles. The number of non-ortho nitro benzene ring substituents is 1. The van der Waals surface area contributed by atoms with Gasteiger partial charge in [0.05, 0.1) is 16.9 Å². The van der Waals surface area contributed by atoms with Crippen LogP contribution in [-0.2, 0) is 14.8 Å². The molecule has 0 spiro atoms. The van der Waals surface area contributed by atoms with E-state index in [1.54, 1.807) is 31.2 Å². The van der Waals surface area contributed by atoms with Gasteiger partial charge in [0, 0.05) is 35.8 Å². The number of nitrogens with one attached hydrogen (secondary N) is 1. The molecule has 0 unspecified atom stereocenters. The van der Waals surface area contributed by atoms with Crippen molar-refractivity contribution in [2.75, 3.05) is 22.4 Å². The lowest BCUT2D eigenvalue weighted by molar-refractivity contribution is -0.384. The van der Waals surface area contributed by atoms with E-state index in [1.165, 1.54) is 22.5 Å². The quantitative estimate of drug-likeness (QED) is 0.511. The van der Waals surface area contributed by atoms with Crippen LogP contribution in [0.15, 0.2) is 42.5 Å². The highest BCUT2D eigenvalue weighted by atomic mass is 35.5. The van der Waals surface area contributed by atoms with Gasteiger partial charge in [0.2, 0.25) is 15.9 Å². The standard InChI is InChI=1S/C18H20ClN3O5S/c1-13-16(19)8-4-9-17(13)21(28(2,26)27)11-5-10-18(23)20-14-6-3-7-15(12-14)22(24)25/h3-4,6-9,12H,5,10-11H2,1-2H3,(H,20,23). The van der Waals surface area contributed by atoms with Crippen molar-refractivity contribution < 1.29 is 18.1 Å². The molecule has 1 N–H and O–H groups in total. The molecule has 0 aromatic heterocycles. The summed E-state index contributed by atoms with van der Waals surface area (Å²) in [4.78, 5) is 22.4. The summed E-state index contributed by atoms with van der Waals surface area (Å²) in [5.74, 6) is -0.364. The van der Waals surface area contributed by atoms with Crippen LogP contribution >= 0.6 is 11.6 Å². The van der Waals surface area contributed by atoms with Crippen molar-refractivity contribution in [1.82, 2.24) is 0 Å². The van der Waals surface area contributed by atoms with E-state index < -0.39 is 14.9 Å². The topological polar surface area (TPSA) is 110 Å². The molecule has 10 heteroatoms. The molecule has 0 fully saturated rings. The molecule has 8 nitrogen and oxygen atoms in total. The molecule has 0 atom stereocenters. The van der Waals surface area contributed by atoms with Gasteiger partial charge in [0.1, 0.15) is 0 Å². The van der Waals surface area contributed by atoms with Gasteiger partial charge in [0.25, 0.3) is 5.69 Å². The SMILES string of the molecule is Cc1c(Cl)cccc1N(CCCC(=O)Nc1cccc([N+](=O)[O-])c1)S(C)(=O)=O. The van der Waals surface area contributed by atoms with E-state index in [-0.39, 0.29) is 31.0 Å². The zero-order valence-corrected chi connectivity index (χ0v) is 17.0. The van der Waals surface area contributed by atoms with E-state index in [9.17, 15) is 23.3 Å². The van der Waals surface area contributed by atoms with Crippen LogP contribution in [0.3, 0.4) is 0 Å². The summed E-state index contributed by atoms with van der Waals surface area (Å²) in [6.45, 7) is 1.83. The van der Waals surface area contributed by atoms with Crippen LogP contribution < -0.4 is 9.62 Å². The van der Waals surface area contributed by atoms with Crippen LogP contribution in [-0.4, -0.2) is 32.0 Å². The average molecular weight is 426 g/mol. The number of sulfonamides is 1. The van der Waals surface area contributed by atoms with E-state index in [0.717, 1.165) is 6.26 Å². The minimum Gasteiger partial charge on any atom is -0.326 e. The van der Waals surface area contributed by atoms with Crippen molar-refractivity contribution in [3.8, 4) is 0 Å². The second-order valence-corrected chi connectivity index (χ2v) is 8.49. The first-order valence-electron chi connectivity index (χ1n) is 8.36. The molecule has 150 valence electrons. The number of hydrogen-bond donors (Lipinski definition) is 1. The number of hydrogen-bond acceptors (Lipinski definition) is 5. The number of amides is 1. The number of nitro groups is 1. The zero-order valence-electron chi connectivity index (χ0n) is 15.4. The van der Waals surface area contributed by atoms with Gasteiger partial charge in [-0.2, -0.15) is 0 Å². The van der Waals surface area contributed by atoms with Crippen molar-refractivity contribution in [3.63, 3.8) is 0 Å². The number of carbonyl (C=O) groups excluding carboxylic acids is 1. The first-order chi connectivity index (χ1) is 13.1. The van der Waals surface area contributed by atoms with Crippen molar-refractivity contribution in [3.05, 3.63) is 63.2 Å². The Bertz CT molecular complexity index is 994. The summed E-state index contributed by atoms with van der Waals surface area (Å²) in [6, 6.07) is 10.6. The fourth-order valence-corrected chi connectivity index (χ4v) is 3.82. The second-order valence-electron chi connectivity index (χ2n) is 6.18. The van der Waals surface area contributed by atoms with Crippen molar-refractivity contribution >= 4 is 44.6 Å². The molecule has 0 saturated carbocycles. The summed E-state index contributed by atoms with van der Waals surface area (Å²) in [5.41, 5.74) is 1.28. The van der Waals surface area contributed by atoms with Gasteiger partial charge in [-0.1, -0.05) is 23.7 Å². The van der Waals surface area contributed by atoms with Gasteiger partial charge in [0.15, 0.2) is 0 Å². The summed E-state index contributed by atoms with van der Waals surface area (Å²) in [5, 5.41) is 13.8. The number of nitrogens with zero attached hydrogens (tertiary/aromatic N) is 2. The number of halogens is 1. The van der Waals surface area contributed by atoms with Crippen LogP contribution in [0.25, 0.3) is 0 Å². The fraction of sp³-hybridized carbons (Fsp3) is 0.278. The second kappa shape index (κ2) is 9.03. The monoisotopic (exact) mass is 425 g/mol. The molecule has 0 aliphatic carbocycles. The number of nitro benzene ring substituents is 1. The Labute approximate surface area is 168 Å². The molecule has 0 bridgehead atoms. The fourth-order valence-electron chi connectivity index (χ4n) is 2.64. The predicted octanol–water partition coefficient (Wildman–Crippen LogP) is 3.74. The first-order valence-corrected chi connectivity index (χ1v) is 10.6. The van der Waals surface area contributed by atoms with Crippen LogP contribution in [0.1, 0.15) is 18.4 Å². The van der Waals surface area contributed by atoms with Gasteiger partial charge >= 0.3 is 0 Å². The highest BCUT2D eigenvalue weighted by Crippen LogP contribution is 2.28. The molecule has 2 rings (SSSR count). The van der Waals surface area contributed by atoms with Crippen LogP contribution in [0.5, 0.6) is 0 Å². The molecule has 28 heavy (non-hydrogen) atoms. The smallest absolute Gasteiger partial charge is 0.271 e. The minimum absolute atomic E-state index is 0.0499. The van der Waals surface area contributed by atoms with Gasteiger partial charge in [-0.25, -0.2) is 8.42 Å². The maximum Gasteiger partial charge on any atom is 0.271 e. The number of anilines is 2. The van der Waals surface area contributed by atoms with Crippen LogP contribution in [0.2, 0.25) is 5.02 Å². The lowest BCUT2D eigenvalue weighted by Crippen LogP contribution is -2.32. The maximum atomic E-state index is 12.2. The largest absolute Gasteiger partial charge is 0.326 e. The van der Waals surface area contributed by atoms with Crippen molar-refractivity contribution in [2.45, 2.75) is 19.8 Å². The van der Waals surface area contributed by atoms with Gasteiger partial charge in [-0.3, -0.25) is 19.2 Å². The van der Waals surface area contributed by atoms with E-state index in [0.29, 0.717) is 22.0 Å². The summed E-state index contributed by atoms with van der Waals surface area (Å²) >= 11 is 6.08. The molecule has 0 saturated heterocycles. The summed E-state index contributed by atoms with van der Waals surface area (Å²) < 4.78 is 25.6. The number of rotatable bonds is 8. The van der Waals surface area contributed by atoms with E-state index in [1.807, 2.05) is 0 Å². The Balaban J connectivity index is 2.03. The highest BCUT2D eigenvalue weighted by Gasteiger charge is 2.20. The highest BCUT2D eigenvalue weighted by molar-refractivity contribution is 7.92. The molecular formula is C18H20ClN3O5S.